The van der Waals surface area contributed by atoms with Gasteiger partial charge in [0.15, 0.2) is 18.5 Å². The Kier molecular flexibility index (Phi) is 40.8. The van der Waals surface area contributed by atoms with Gasteiger partial charge < -0.3 is 39.4 Å². The minimum absolute atomic E-state index is 0.188. The molecule has 4 N–H and O–H groups in total. The third-order valence-corrected chi connectivity index (χ3v) is 12.6. The first-order valence-corrected chi connectivity index (χ1v) is 26.7. The molecule has 6 atom stereocenters. The molecule has 64 heavy (non-hydrogen) atoms. The monoisotopic (exact) mass is 911 g/mol. The van der Waals surface area contributed by atoms with Crippen molar-refractivity contribution in [1.82, 2.24) is 0 Å². The number of unbranched alkanes of at least 4 members (excludes halogenated alkanes) is 33. The van der Waals surface area contributed by atoms with E-state index in [4.69, 9.17) is 18.9 Å². The fourth-order valence-electron chi connectivity index (χ4n) is 8.41. The van der Waals surface area contributed by atoms with Crippen LogP contribution in [0.4, 0.5) is 0 Å². The Hall–Kier alpha value is -2.05. The van der Waals surface area contributed by atoms with E-state index in [0.29, 0.717) is 12.8 Å². The van der Waals surface area contributed by atoms with Crippen molar-refractivity contribution in [2.24, 2.45) is 0 Å². The molecule has 0 spiro atoms. The number of ether oxygens (including phenoxy) is 4. The van der Waals surface area contributed by atoms with Crippen LogP contribution in [-0.2, 0) is 33.3 Å². The van der Waals surface area contributed by atoms with E-state index in [1.807, 2.05) is 0 Å². The summed E-state index contributed by atoms with van der Waals surface area (Å²) in [4.78, 5) is 37.0. The van der Waals surface area contributed by atoms with E-state index in [1.54, 1.807) is 0 Å². The molecule has 11 heteroatoms. The molecular weight excluding hydrogens is 813 g/mol. The van der Waals surface area contributed by atoms with Crippen molar-refractivity contribution in [1.29, 1.82) is 0 Å². The van der Waals surface area contributed by atoms with E-state index in [2.05, 4.69) is 26.0 Å². The van der Waals surface area contributed by atoms with Crippen molar-refractivity contribution in [2.75, 3.05) is 13.2 Å². The highest BCUT2D eigenvalue weighted by Gasteiger charge is 2.47. The first-order chi connectivity index (χ1) is 31.2. The summed E-state index contributed by atoms with van der Waals surface area (Å²) in [6, 6.07) is 0. The molecule has 1 rings (SSSR count). The number of esters is 2. The zero-order chi connectivity index (χ0) is 46.7. The molecule has 0 radical (unpaired) electrons. The molecule has 0 aliphatic carbocycles. The number of allylic oxidation sites excluding steroid dienone is 2. The fourth-order valence-corrected chi connectivity index (χ4v) is 8.41. The summed E-state index contributed by atoms with van der Waals surface area (Å²) in [5.41, 5.74) is 0. The second-order valence-electron chi connectivity index (χ2n) is 18.7. The van der Waals surface area contributed by atoms with Crippen LogP contribution in [0.5, 0.6) is 0 Å². The van der Waals surface area contributed by atoms with Gasteiger partial charge in [0.2, 0.25) is 0 Å². The second kappa shape index (κ2) is 43.5. The quantitative estimate of drug-likeness (QED) is 0.0260. The number of hydrogen-bond donors (Lipinski definition) is 4. The Balaban J connectivity index is 2.27. The zero-order valence-corrected chi connectivity index (χ0v) is 41.0. The van der Waals surface area contributed by atoms with Crippen molar-refractivity contribution < 1.29 is 53.8 Å². The molecule has 0 saturated carbocycles. The smallest absolute Gasteiger partial charge is 0.335 e. The van der Waals surface area contributed by atoms with Crippen LogP contribution in [0.2, 0.25) is 0 Å². The standard InChI is InChI=1S/C53H98O11/c1-3-5-7-9-11-13-15-17-19-21-23-24-26-28-30-32-34-36-38-40-42-47(55)63-45(44-62-53-50(58)48(56)49(57)51(64-53)52(59)60)43-61-46(54)41-39-37-35-33-31-29-27-25-22-20-18-16-14-12-10-8-6-4-2/h20,22,45,48-51,53,56-58H,3-19,21,23-44H2,1-2H3,(H,59,60)/b22-20-. The third-order valence-electron chi connectivity index (χ3n) is 12.6. The number of rotatable bonds is 46. The zero-order valence-electron chi connectivity index (χ0n) is 41.0. The van der Waals surface area contributed by atoms with Gasteiger partial charge in [-0.25, -0.2) is 4.79 Å². The summed E-state index contributed by atoms with van der Waals surface area (Å²) in [7, 11) is 0. The van der Waals surface area contributed by atoms with E-state index in [9.17, 15) is 34.8 Å². The highest BCUT2D eigenvalue weighted by molar-refractivity contribution is 5.73. The minimum atomic E-state index is -1.86. The van der Waals surface area contributed by atoms with Gasteiger partial charge >= 0.3 is 17.9 Å². The van der Waals surface area contributed by atoms with Crippen molar-refractivity contribution >= 4 is 17.9 Å². The maximum Gasteiger partial charge on any atom is 0.335 e. The Morgan fingerprint density at radius 1 is 0.469 bits per heavy atom. The van der Waals surface area contributed by atoms with Crippen LogP contribution >= 0.6 is 0 Å². The number of carbonyl (C=O) groups excluding carboxylic acids is 2. The number of carbonyl (C=O) groups is 3. The van der Waals surface area contributed by atoms with Gasteiger partial charge in [-0.05, 0) is 38.5 Å². The molecule has 0 amide bonds. The van der Waals surface area contributed by atoms with Crippen molar-refractivity contribution in [3.05, 3.63) is 12.2 Å². The van der Waals surface area contributed by atoms with Crippen molar-refractivity contribution in [3.8, 4) is 0 Å². The average Bonchev–Trinajstić information content (AvgIpc) is 3.28. The lowest BCUT2D eigenvalue weighted by Gasteiger charge is -2.38. The normalized spacial score (nSPS) is 19.3. The van der Waals surface area contributed by atoms with Crippen LogP contribution in [0.15, 0.2) is 12.2 Å². The lowest BCUT2D eigenvalue weighted by atomic mass is 9.99. The first-order valence-electron chi connectivity index (χ1n) is 26.7. The number of carboxylic acids is 1. The lowest BCUT2D eigenvalue weighted by molar-refractivity contribution is -0.298. The highest BCUT2D eigenvalue weighted by atomic mass is 16.7. The van der Waals surface area contributed by atoms with Gasteiger partial charge in [0, 0.05) is 12.8 Å². The summed E-state index contributed by atoms with van der Waals surface area (Å²) >= 11 is 0. The molecule has 0 aromatic heterocycles. The van der Waals surface area contributed by atoms with E-state index in [0.717, 1.165) is 44.9 Å². The molecular formula is C53H98O11. The van der Waals surface area contributed by atoms with E-state index in [-0.39, 0.29) is 26.1 Å². The number of hydrogen-bond acceptors (Lipinski definition) is 10. The molecule has 0 aromatic rings. The second-order valence-corrected chi connectivity index (χ2v) is 18.7. The minimum Gasteiger partial charge on any atom is -0.479 e. The third kappa shape index (κ3) is 34.3. The topological polar surface area (TPSA) is 169 Å². The van der Waals surface area contributed by atoms with Crippen LogP contribution < -0.4 is 0 Å². The van der Waals surface area contributed by atoms with Crippen LogP contribution in [0.3, 0.4) is 0 Å². The number of aliphatic hydroxyl groups excluding tert-OH is 3. The van der Waals surface area contributed by atoms with Crippen LogP contribution in [0.25, 0.3) is 0 Å². The maximum atomic E-state index is 12.8. The molecule has 6 unspecified atom stereocenters. The Morgan fingerprint density at radius 3 is 1.22 bits per heavy atom. The van der Waals surface area contributed by atoms with Crippen LogP contribution in [0, 0.1) is 0 Å². The van der Waals surface area contributed by atoms with Crippen LogP contribution in [0.1, 0.15) is 258 Å². The number of carboxylic acid groups (broad SMARTS) is 1. The van der Waals surface area contributed by atoms with E-state index in [1.165, 1.54) is 173 Å². The molecule has 0 bridgehead atoms. The van der Waals surface area contributed by atoms with E-state index < -0.39 is 54.7 Å². The summed E-state index contributed by atoms with van der Waals surface area (Å²) in [6.07, 6.45) is 39.7. The molecule has 11 nitrogen and oxygen atoms in total. The van der Waals surface area contributed by atoms with Gasteiger partial charge in [-0.1, -0.05) is 219 Å². The Bertz CT molecular complexity index is 1120. The van der Waals surface area contributed by atoms with Gasteiger partial charge in [0.25, 0.3) is 0 Å². The SMILES string of the molecule is CCCCCCCCC/C=C\CCCCCCCCCC(=O)OCC(COC1OC(C(=O)O)C(O)C(O)C1O)OC(=O)CCCCCCCCCCCCCCCCCCCCCC. The molecule has 1 aliphatic rings. The first kappa shape index (κ1) is 60.0. The molecule has 0 aromatic carbocycles. The summed E-state index contributed by atoms with van der Waals surface area (Å²) in [6.45, 7) is 3.86. The molecule has 1 saturated heterocycles. The maximum absolute atomic E-state index is 12.8. The molecule has 1 fully saturated rings. The number of aliphatic carboxylic acids is 1. The van der Waals surface area contributed by atoms with Gasteiger partial charge in [-0.3, -0.25) is 9.59 Å². The summed E-state index contributed by atoms with van der Waals surface area (Å²) in [5, 5.41) is 40.0. The summed E-state index contributed by atoms with van der Waals surface area (Å²) in [5.74, 6) is -2.43. The van der Waals surface area contributed by atoms with Crippen LogP contribution in [-0.4, -0.2) is 88.4 Å². The molecule has 376 valence electrons. The average molecular weight is 911 g/mol. The largest absolute Gasteiger partial charge is 0.479 e. The fraction of sp³-hybridized carbons (Fsp3) is 0.906. The Labute approximate surface area is 390 Å². The van der Waals surface area contributed by atoms with Gasteiger partial charge in [0.05, 0.1) is 6.61 Å². The lowest BCUT2D eigenvalue weighted by Crippen LogP contribution is -2.60. The van der Waals surface area contributed by atoms with Crippen molar-refractivity contribution in [2.45, 2.75) is 295 Å². The predicted octanol–water partition coefficient (Wildman–Crippen LogP) is 12.8. The predicted molar refractivity (Wildman–Crippen MR) is 257 cm³/mol. The highest BCUT2D eigenvalue weighted by Crippen LogP contribution is 2.23. The summed E-state index contributed by atoms with van der Waals surface area (Å²) < 4.78 is 21.9. The Morgan fingerprint density at radius 2 is 0.828 bits per heavy atom. The van der Waals surface area contributed by atoms with Crippen molar-refractivity contribution in [3.63, 3.8) is 0 Å². The van der Waals surface area contributed by atoms with Gasteiger partial charge in [0.1, 0.15) is 24.9 Å². The molecule has 1 aliphatic heterocycles. The van der Waals surface area contributed by atoms with E-state index >= 15 is 0 Å². The van der Waals surface area contributed by atoms with Gasteiger partial charge in [-0.2, -0.15) is 0 Å². The molecule has 1 heterocycles. The van der Waals surface area contributed by atoms with Gasteiger partial charge in [-0.15, -0.1) is 0 Å². The number of aliphatic hydroxyl groups is 3.